The molecule has 0 aliphatic rings. The van der Waals surface area contributed by atoms with Crippen molar-refractivity contribution in [3.8, 4) is 22.3 Å². The zero-order chi connectivity index (χ0) is 49.8. The van der Waals surface area contributed by atoms with Crippen LogP contribution in [-0.2, 0) is 0 Å². The highest BCUT2D eigenvalue weighted by Gasteiger charge is 2.26. The van der Waals surface area contributed by atoms with E-state index in [0.717, 1.165) is 99.9 Å². The molecule has 0 aliphatic carbocycles. The van der Waals surface area contributed by atoms with Crippen LogP contribution in [0.4, 0.5) is 34.1 Å². The number of fused-ring (bicyclic) bond motifs is 10. The van der Waals surface area contributed by atoms with Gasteiger partial charge in [-0.2, -0.15) is 0 Å². The molecule has 14 aromatic carbocycles. The number of anilines is 6. The van der Waals surface area contributed by atoms with Gasteiger partial charge in [0.15, 0.2) is 11.2 Å². The van der Waals surface area contributed by atoms with Gasteiger partial charge in [-0.15, -0.1) is 0 Å². The van der Waals surface area contributed by atoms with Crippen LogP contribution < -0.4 is 9.80 Å². The van der Waals surface area contributed by atoms with Crippen molar-refractivity contribution in [2.45, 2.75) is 0 Å². The second-order valence-electron chi connectivity index (χ2n) is 19.9. The highest BCUT2D eigenvalue weighted by atomic mass is 16.3. The van der Waals surface area contributed by atoms with Crippen molar-refractivity contribution < 1.29 is 8.83 Å². The monoisotopic (exact) mass is 968 g/mol. The highest BCUT2D eigenvalue weighted by Crippen LogP contribution is 2.51. The van der Waals surface area contributed by atoms with E-state index in [1.807, 2.05) is 0 Å². The molecule has 0 fully saturated rings. The van der Waals surface area contributed by atoms with Gasteiger partial charge >= 0.3 is 0 Å². The van der Waals surface area contributed by atoms with Crippen molar-refractivity contribution in [1.82, 2.24) is 0 Å². The van der Waals surface area contributed by atoms with Gasteiger partial charge in [0, 0.05) is 43.7 Å². The minimum absolute atomic E-state index is 0.843. The lowest BCUT2D eigenvalue weighted by molar-refractivity contribution is 0.669. The molecule has 0 unspecified atom stereocenters. The van der Waals surface area contributed by atoms with Gasteiger partial charge in [-0.1, -0.05) is 206 Å². The first-order valence-electron chi connectivity index (χ1n) is 26.0. The van der Waals surface area contributed by atoms with E-state index in [0.29, 0.717) is 0 Å². The maximum Gasteiger partial charge on any atom is 0.159 e. The third-order valence-corrected chi connectivity index (χ3v) is 15.8. The quantitative estimate of drug-likeness (QED) is 0.142. The standard InChI is InChI=1S/C72H44N2O2/c1-3-13-45(14-4-1)47-25-35-53(36-26-47)73(63-23-11-21-59-69-55-19-9-7-17-49(55)33-43-65(69)75-71(59)63)61-41-31-51-30-40-58-62(42-32-52-29-39-57(61)67(51)68(52)58)74(54-37-27-48(28-38-54)46-15-5-2-6-16-46)64-24-12-22-60-70-56-20-10-8-18-50(56)34-44-66(70)76-72(60)64/h1-44H. The molecule has 0 saturated heterocycles. The summed E-state index contributed by atoms with van der Waals surface area (Å²) in [4.78, 5) is 4.81. The SMILES string of the molecule is c1ccc(-c2ccc(N(c3ccc4ccc5c(N(c6ccc(-c7ccccc7)cc6)c6cccc7c6oc6ccc8ccccc8c67)ccc6ccc3c4c65)c3cccc4c3oc3ccc5ccccc5c34)cc2)cc1. The molecule has 0 N–H and O–H groups in total. The smallest absolute Gasteiger partial charge is 0.159 e. The van der Waals surface area contributed by atoms with Gasteiger partial charge in [-0.25, -0.2) is 0 Å². The molecule has 0 aliphatic heterocycles. The molecule has 0 spiro atoms. The van der Waals surface area contributed by atoms with E-state index in [-0.39, 0.29) is 0 Å². The Labute approximate surface area is 437 Å². The molecule has 0 amide bonds. The Balaban J connectivity index is 0.937. The van der Waals surface area contributed by atoms with Crippen LogP contribution in [0, 0.1) is 0 Å². The minimum Gasteiger partial charge on any atom is -0.454 e. The van der Waals surface area contributed by atoms with Gasteiger partial charge in [-0.3, -0.25) is 0 Å². The lowest BCUT2D eigenvalue weighted by atomic mass is 9.91. The molecular formula is C72H44N2O2. The summed E-state index contributed by atoms with van der Waals surface area (Å²) in [5.74, 6) is 0. The summed E-state index contributed by atoms with van der Waals surface area (Å²) in [5, 5.41) is 16.2. The Morgan fingerprint density at radius 2 is 0.579 bits per heavy atom. The number of hydrogen-bond donors (Lipinski definition) is 0. The summed E-state index contributed by atoms with van der Waals surface area (Å²) in [5.41, 5.74) is 14.2. The molecule has 2 aromatic heterocycles. The zero-order valence-corrected chi connectivity index (χ0v) is 41.1. The number of furan rings is 2. The summed E-state index contributed by atoms with van der Waals surface area (Å²) in [7, 11) is 0. The fraction of sp³-hybridized carbons (Fsp3) is 0. The predicted octanol–water partition coefficient (Wildman–Crippen LogP) is 21.0. The molecule has 76 heavy (non-hydrogen) atoms. The average Bonchev–Trinajstić information content (AvgIpc) is 4.17. The Kier molecular flexibility index (Phi) is 9.30. The van der Waals surface area contributed by atoms with Gasteiger partial charge < -0.3 is 18.6 Å². The normalized spacial score (nSPS) is 11.9. The van der Waals surface area contributed by atoms with Crippen LogP contribution >= 0.6 is 0 Å². The zero-order valence-electron chi connectivity index (χ0n) is 41.1. The lowest BCUT2D eigenvalue weighted by Crippen LogP contribution is -2.12. The lowest BCUT2D eigenvalue weighted by Gasteiger charge is -2.29. The number of rotatable bonds is 8. The first-order valence-corrected chi connectivity index (χ1v) is 26.0. The largest absolute Gasteiger partial charge is 0.454 e. The number of nitrogens with zero attached hydrogens (tertiary/aromatic N) is 2. The second kappa shape index (κ2) is 16.7. The molecular weight excluding hydrogens is 925 g/mol. The van der Waals surface area contributed by atoms with Crippen molar-refractivity contribution in [2.24, 2.45) is 0 Å². The van der Waals surface area contributed by atoms with E-state index >= 15 is 0 Å². The van der Waals surface area contributed by atoms with Crippen molar-refractivity contribution in [3.63, 3.8) is 0 Å². The fourth-order valence-electron chi connectivity index (χ4n) is 12.3. The number of benzene rings is 14. The van der Waals surface area contributed by atoms with Crippen LogP contribution in [0.2, 0.25) is 0 Å². The van der Waals surface area contributed by atoms with E-state index in [1.54, 1.807) is 0 Å². The van der Waals surface area contributed by atoms with Crippen LogP contribution in [0.1, 0.15) is 0 Å². The van der Waals surface area contributed by atoms with Gasteiger partial charge in [0.05, 0.1) is 22.7 Å². The Hall–Kier alpha value is -10.2. The van der Waals surface area contributed by atoms with Gasteiger partial charge in [0.1, 0.15) is 11.2 Å². The van der Waals surface area contributed by atoms with Crippen molar-refractivity contribution in [1.29, 1.82) is 0 Å². The van der Waals surface area contributed by atoms with Gasteiger partial charge in [0.25, 0.3) is 0 Å². The minimum atomic E-state index is 0.843. The molecule has 354 valence electrons. The maximum absolute atomic E-state index is 7.01. The van der Waals surface area contributed by atoms with E-state index in [1.165, 1.54) is 54.2 Å². The first kappa shape index (κ1) is 42.4. The molecule has 2 heterocycles. The number of para-hydroxylation sites is 2. The van der Waals surface area contributed by atoms with Gasteiger partial charge in [0.2, 0.25) is 0 Å². The summed E-state index contributed by atoms with van der Waals surface area (Å²) < 4.78 is 14.0. The topological polar surface area (TPSA) is 32.8 Å². The molecule has 0 saturated carbocycles. The van der Waals surface area contributed by atoms with Crippen LogP contribution in [0.5, 0.6) is 0 Å². The average molecular weight is 969 g/mol. The fourth-order valence-corrected chi connectivity index (χ4v) is 12.3. The van der Waals surface area contributed by atoms with E-state index in [4.69, 9.17) is 8.83 Å². The summed E-state index contributed by atoms with van der Waals surface area (Å²) in [6.07, 6.45) is 0. The maximum atomic E-state index is 7.01. The third-order valence-electron chi connectivity index (χ3n) is 15.8. The molecule has 0 atom stereocenters. The van der Waals surface area contributed by atoms with E-state index in [2.05, 4.69) is 277 Å². The van der Waals surface area contributed by atoms with Crippen molar-refractivity contribution >= 4 is 132 Å². The predicted molar refractivity (Wildman–Crippen MR) is 320 cm³/mol. The van der Waals surface area contributed by atoms with E-state index < -0.39 is 0 Å². The molecule has 0 radical (unpaired) electrons. The summed E-state index contributed by atoms with van der Waals surface area (Å²) >= 11 is 0. The van der Waals surface area contributed by atoms with Crippen LogP contribution in [0.3, 0.4) is 0 Å². The van der Waals surface area contributed by atoms with Crippen molar-refractivity contribution in [3.05, 3.63) is 267 Å². The van der Waals surface area contributed by atoms with Crippen LogP contribution in [0.15, 0.2) is 276 Å². The third kappa shape index (κ3) is 6.44. The second-order valence-corrected chi connectivity index (χ2v) is 19.9. The Bertz CT molecular complexity index is 4610. The molecule has 4 heteroatoms. The van der Waals surface area contributed by atoms with E-state index in [9.17, 15) is 0 Å². The summed E-state index contributed by atoms with van der Waals surface area (Å²) in [6, 6.07) is 96.4. The molecule has 16 rings (SSSR count). The summed E-state index contributed by atoms with van der Waals surface area (Å²) in [6.45, 7) is 0. The Morgan fingerprint density at radius 1 is 0.211 bits per heavy atom. The van der Waals surface area contributed by atoms with Gasteiger partial charge in [-0.05, 0) is 126 Å². The first-order chi connectivity index (χ1) is 37.7. The van der Waals surface area contributed by atoms with Crippen molar-refractivity contribution in [2.75, 3.05) is 9.80 Å². The molecule has 4 nitrogen and oxygen atoms in total. The molecule has 0 bridgehead atoms. The Morgan fingerprint density at radius 3 is 1.03 bits per heavy atom. The van der Waals surface area contributed by atoms with Crippen LogP contribution in [0.25, 0.3) is 120 Å². The van der Waals surface area contributed by atoms with Crippen LogP contribution in [-0.4, -0.2) is 0 Å². The molecule has 16 aromatic rings. The number of hydrogen-bond acceptors (Lipinski definition) is 4. The highest BCUT2D eigenvalue weighted by molar-refractivity contribution is 6.29.